The largest absolute Gasteiger partial charge is 0.316 e. The van der Waals surface area contributed by atoms with Crippen molar-refractivity contribution in [1.29, 1.82) is 0 Å². The molecule has 1 N–H and O–H groups in total. The smallest absolute Gasteiger partial charge is 0.0236 e. The lowest BCUT2D eigenvalue weighted by Crippen LogP contribution is -2.41. The summed E-state index contributed by atoms with van der Waals surface area (Å²) in [5, 5.41) is 3.47. The fraction of sp³-hybridized carbons (Fsp3) is 0.684. The van der Waals surface area contributed by atoms with Crippen LogP contribution in [0.3, 0.4) is 0 Å². The van der Waals surface area contributed by atoms with Crippen LogP contribution in [0.15, 0.2) is 24.3 Å². The molecular weight excluding hydrogens is 256 g/mol. The number of piperidine rings is 1. The Morgan fingerprint density at radius 2 is 1.81 bits per heavy atom. The first-order valence-corrected chi connectivity index (χ1v) is 8.73. The van der Waals surface area contributed by atoms with Crippen LogP contribution in [0.1, 0.15) is 51.2 Å². The van der Waals surface area contributed by atoms with Crippen molar-refractivity contribution in [2.45, 2.75) is 59.0 Å². The van der Waals surface area contributed by atoms with Crippen LogP contribution >= 0.6 is 0 Å². The lowest BCUT2D eigenvalue weighted by atomic mass is 9.91. The maximum Gasteiger partial charge on any atom is 0.0236 e. The van der Waals surface area contributed by atoms with Crippen LogP contribution in [0.5, 0.6) is 0 Å². The Hall–Kier alpha value is -0.860. The first-order chi connectivity index (χ1) is 10.2. The Morgan fingerprint density at radius 1 is 1.10 bits per heavy atom. The summed E-state index contributed by atoms with van der Waals surface area (Å²) in [4.78, 5) is 2.64. The maximum atomic E-state index is 3.47. The second-order valence-corrected chi connectivity index (χ2v) is 6.65. The van der Waals surface area contributed by atoms with E-state index >= 15 is 0 Å². The molecule has 0 aliphatic carbocycles. The van der Waals surface area contributed by atoms with Gasteiger partial charge in [0.1, 0.15) is 0 Å². The van der Waals surface area contributed by atoms with E-state index in [1.54, 1.807) is 0 Å². The first-order valence-electron chi connectivity index (χ1n) is 8.73. The van der Waals surface area contributed by atoms with Gasteiger partial charge in [0.05, 0.1) is 0 Å². The zero-order valence-electron chi connectivity index (χ0n) is 14.1. The third-order valence-corrected chi connectivity index (χ3v) is 4.93. The standard InChI is InChI=1S/C19H32N2/c1-4-12-20-13-11-18-7-9-19(10-8-18)15-21-14-5-6-16(2)17(21)3/h7-10,16-17,20H,4-6,11-15H2,1-3H3. The van der Waals surface area contributed by atoms with Crippen LogP contribution in [0.25, 0.3) is 0 Å². The minimum absolute atomic E-state index is 0.719. The van der Waals surface area contributed by atoms with Gasteiger partial charge in [0, 0.05) is 12.6 Å². The van der Waals surface area contributed by atoms with Gasteiger partial charge in [0.2, 0.25) is 0 Å². The summed E-state index contributed by atoms with van der Waals surface area (Å²) in [6.07, 6.45) is 5.09. The Morgan fingerprint density at radius 3 is 2.52 bits per heavy atom. The molecule has 1 aliphatic rings. The van der Waals surface area contributed by atoms with Gasteiger partial charge in [0.15, 0.2) is 0 Å². The fourth-order valence-electron chi connectivity index (χ4n) is 3.22. The van der Waals surface area contributed by atoms with Crippen molar-refractivity contribution in [2.75, 3.05) is 19.6 Å². The van der Waals surface area contributed by atoms with E-state index in [-0.39, 0.29) is 0 Å². The molecule has 21 heavy (non-hydrogen) atoms. The third-order valence-electron chi connectivity index (χ3n) is 4.93. The molecule has 0 amide bonds. The molecule has 1 fully saturated rings. The van der Waals surface area contributed by atoms with E-state index < -0.39 is 0 Å². The van der Waals surface area contributed by atoms with Crippen molar-refractivity contribution >= 4 is 0 Å². The number of nitrogens with one attached hydrogen (secondary N) is 1. The molecule has 1 aliphatic heterocycles. The van der Waals surface area contributed by atoms with E-state index in [4.69, 9.17) is 0 Å². The van der Waals surface area contributed by atoms with E-state index in [9.17, 15) is 0 Å². The predicted octanol–water partition coefficient (Wildman–Crippen LogP) is 3.85. The number of likely N-dealkylation sites (tertiary alicyclic amines) is 1. The van der Waals surface area contributed by atoms with Gasteiger partial charge in [-0.3, -0.25) is 4.90 Å². The van der Waals surface area contributed by atoms with Gasteiger partial charge in [-0.15, -0.1) is 0 Å². The van der Waals surface area contributed by atoms with E-state index in [1.807, 2.05) is 0 Å². The number of nitrogens with zero attached hydrogens (tertiary/aromatic N) is 1. The van der Waals surface area contributed by atoms with Crippen LogP contribution in [0, 0.1) is 5.92 Å². The van der Waals surface area contributed by atoms with Gasteiger partial charge in [-0.25, -0.2) is 0 Å². The molecule has 1 heterocycles. The van der Waals surface area contributed by atoms with Gasteiger partial charge in [-0.05, 0) is 69.3 Å². The zero-order chi connectivity index (χ0) is 15.1. The van der Waals surface area contributed by atoms with E-state index in [2.05, 4.69) is 55.3 Å². The molecule has 2 heteroatoms. The third kappa shape index (κ3) is 5.12. The number of rotatable bonds is 7. The van der Waals surface area contributed by atoms with Crippen molar-refractivity contribution in [2.24, 2.45) is 5.92 Å². The van der Waals surface area contributed by atoms with Gasteiger partial charge in [-0.1, -0.05) is 38.1 Å². The van der Waals surface area contributed by atoms with Gasteiger partial charge in [0.25, 0.3) is 0 Å². The molecule has 2 unspecified atom stereocenters. The highest BCUT2D eigenvalue weighted by molar-refractivity contribution is 5.23. The number of benzene rings is 1. The molecule has 118 valence electrons. The lowest BCUT2D eigenvalue weighted by Gasteiger charge is -2.38. The summed E-state index contributed by atoms with van der Waals surface area (Å²) in [5.41, 5.74) is 2.91. The molecule has 0 spiro atoms. The fourth-order valence-corrected chi connectivity index (χ4v) is 3.22. The highest BCUT2D eigenvalue weighted by Crippen LogP contribution is 2.24. The Kier molecular flexibility index (Phi) is 6.72. The molecule has 1 aromatic carbocycles. The van der Waals surface area contributed by atoms with Gasteiger partial charge in [-0.2, -0.15) is 0 Å². The summed E-state index contributed by atoms with van der Waals surface area (Å²) < 4.78 is 0. The molecular formula is C19H32N2. The van der Waals surface area contributed by atoms with Crippen molar-refractivity contribution in [3.63, 3.8) is 0 Å². The second-order valence-electron chi connectivity index (χ2n) is 6.65. The molecule has 0 bridgehead atoms. The molecule has 0 radical (unpaired) electrons. The van der Waals surface area contributed by atoms with E-state index in [0.717, 1.165) is 38.0 Å². The molecule has 2 atom stereocenters. The minimum Gasteiger partial charge on any atom is -0.316 e. The lowest BCUT2D eigenvalue weighted by molar-refractivity contribution is 0.106. The highest BCUT2D eigenvalue weighted by atomic mass is 15.2. The van der Waals surface area contributed by atoms with Gasteiger partial charge < -0.3 is 5.32 Å². The summed E-state index contributed by atoms with van der Waals surface area (Å²) in [6, 6.07) is 9.97. The second kappa shape index (κ2) is 8.55. The minimum atomic E-state index is 0.719. The van der Waals surface area contributed by atoms with Crippen LogP contribution in [-0.4, -0.2) is 30.6 Å². The monoisotopic (exact) mass is 288 g/mol. The molecule has 2 nitrogen and oxygen atoms in total. The van der Waals surface area contributed by atoms with Crippen LogP contribution in [-0.2, 0) is 13.0 Å². The maximum absolute atomic E-state index is 3.47. The number of hydrogen-bond acceptors (Lipinski definition) is 2. The molecule has 1 saturated heterocycles. The van der Waals surface area contributed by atoms with E-state index in [0.29, 0.717) is 0 Å². The van der Waals surface area contributed by atoms with Crippen molar-refractivity contribution in [3.8, 4) is 0 Å². The van der Waals surface area contributed by atoms with Crippen molar-refractivity contribution in [3.05, 3.63) is 35.4 Å². The van der Waals surface area contributed by atoms with Crippen molar-refractivity contribution in [1.82, 2.24) is 10.2 Å². The summed E-state index contributed by atoms with van der Waals surface area (Å²) >= 11 is 0. The molecule has 0 aromatic heterocycles. The topological polar surface area (TPSA) is 15.3 Å². The van der Waals surface area contributed by atoms with E-state index in [1.165, 1.54) is 36.9 Å². The SMILES string of the molecule is CCCNCCc1ccc(CN2CCCC(C)C2C)cc1. The summed E-state index contributed by atoms with van der Waals surface area (Å²) in [7, 11) is 0. The highest BCUT2D eigenvalue weighted by Gasteiger charge is 2.24. The Bertz CT molecular complexity index is 399. The van der Waals surface area contributed by atoms with Crippen LogP contribution in [0.2, 0.25) is 0 Å². The van der Waals surface area contributed by atoms with Crippen molar-refractivity contribution < 1.29 is 0 Å². The predicted molar refractivity (Wildman–Crippen MR) is 91.6 cm³/mol. The normalized spacial score (nSPS) is 23.4. The summed E-state index contributed by atoms with van der Waals surface area (Å²) in [6.45, 7) is 11.6. The Labute approximate surface area is 130 Å². The molecule has 2 rings (SSSR count). The average molecular weight is 288 g/mol. The Balaban J connectivity index is 1.81. The molecule has 0 saturated carbocycles. The molecule has 1 aromatic rings. The average Bonchev–Trinajstić information content (AvgIpc) is 2.50. The first kappa shape index (κ1) is 16.5. The van der Waals surface area contributed by atoms with Gasteiger partial charge >= 0.3 is 0 Å². The number of hydrogen-bond donors (Lipinski definition) is 1. The summed E-state index contributed by atoms with van der Waals surface area (Å²) in [5.74, 6) is 0.836. The zero-order valence-corrected chi connectivity index (χ0v) is 14.1. The van der Waals surface area contributed by atoms with Crippen LogP contribution in [0.4, 0.5) is 0 Å². The quantitative estimate of drug-likeness (QED) is 0.767. The van der Waals surface area contributed by atoms with Crippen LogP contribution < -0.4 is 5.32 Å².